The lowest BCUT2D eigenvalue weighted by Crippen LogP contribution is -2.49. The molecule has 3 amide bonds. The number of amides is 3. The number of aromatic nitrogens is 1. The molecule has 1 aromatic carbocycles. The van der Waals surface area contributed by atoms with E-state index in [0.29, 0.717) is 37.6 Å². The molecule has 5 rings (SSSR count). The molecule has 2 aliphatic heterocycles. The van der Waals surface area contributed by atoms with Gasteiger partial charge in [-0.2, -0.15) is 0 Å². The van der Waals surface area contributed by atoms with Crippen molar-refractivity contribution >= 4 is 34.9 Å². The van der Waals surface area contributed by atoms with E-state index in [1.807, 2.05) is 18.2 Å². The van der Waals surface area contributed by atoms with Crippen LogP contribution in [0.1, 0.15) is 68.9 Å². The van der Waals surface area contributed by atoms with Crippen LogP contribution < -0.4 is 21.7 Å². The van der Waals surface area contributed by atoms with Gasteiger partial charge in [0.05, 0.1) is 11.8 Å². The molecule has 9 nitrogen and oxygen atoms in total. The summed E-state index contributed by atoms with van der Waals surface area (Å²) in [5, 5.41) is 9.08. The van der Waals surface area contributed by atoms with Gasteiger partial charge in [-0.25, -0.2) is 4.98 Å². The van der Waals surface area contributed by atoms with E-state index in [1.165, 1.54) is 6.42 Å². The molecule has 3 aliphatic rings. The summed E-state index contributed by atoms with van der Waals surface area (Å²) in [6, 6.07) is 8.39. The van der Waals surface area contributed by atoms with Crippen molar-refractivity contribution in [1.82, 2.24) is 10.3 Å². The van der Waals surface area contributed by atoms with Crippen molar-refractivity contribution in [3.8, 4) is 0 Å². The van der Waals surface area contributed by atoms with Crippen LogP contribution in [0.25, 0.3) is 0 Å². The van der Waals surface area contributed by atoms with E-state index in [9.17, 15) is 14.4 Å². The Hall–Kier alpha value is -3.46. The molecule has 38 heavy (non-hydrogen) atoms. The summed E-state index contributed by atoms with van der Waals surface area (Å²) in [4.78, 5) is 43.6. The molecule has 1 unspecified atom stereocenters. The van der Waals surface area contributed by atoms with Crippen LogP contribution in [0.2, 0.25) is 0 Å². The van der Waals surface area contributed by atoms with Gasteiger partial charge in [0.1, 0.15) is 11.9 Å². The molecule has 9 heteroatoms. The number of nitrogens with one attached hydrogen (secondary N) is 3. The highest BCUT2D eigenvalue weighted by molar-refractivity contribution is 6.07. The lowest BCUT2D eigenvalue weighted by molar-refractivity contribution is -0.127. The number of pyridine rings is 1. The Morgan fingerprint density at radius 1 is 1.08 bits per heavy atom. The number of nitrogens with zero attached hydrogens (tertiary/aromatic N) is 1. The molecular formula is C29H37N5O4. The topological polar surface area (TPSA) is 135 Å². The van der Waals surface area contributed by atoms with E-state index in [0.717, 1.165) is 55.3 Å². The third-order valence-corrected chi connectivity index (χ3v) is 8.26. The number of benzene rings is 1. The molecule has 5 N–H and O–H groups in total. The zero-order valence-electron chi connectivity index (χ0n) is 21.8. The number of nitrogens with two attached hydrogens (primary N) is 1. The summed E-state index contributed by atoms with van der Waals surface area (Å²) in [6.07, 6.45) is 10.4. The van der Waals surface area contributed by atoms with Gasteiger partial charge in [0.15, 0.2) is 0 Å². The molecule has 1 spiro atoms. The van der Waals surface area contributed by atoms with Gasteiger partial charge in [-0.1, -0.05) is 38.2 Å². The fourth-order valence-electron chi connectivity index (χ4n) is 6.18. The predicted octanol–water partition coefficient (Wildman–Crippen LogP) is 3.69. The Labute approximate surface area is 223 Å². The van der Waals surface area contributed by atoms with Crippen molar-refractivity contribution in [2.75, 3.05) is 29.6 Å². The van der Waals surface area contributed by atoms with Crippen LogP contribution in [0.15, 0.2) is 36.5 Å². The van der Waals surface area contributed by atoms with Gasteiger partial charge < -0.3 is 26.4 Å². The second-order valence-electron chi connectivity index (χ2n) is 10.8. The molecular weight excluding hydrogens is 482 g/mol. The van der Waals surface area contributed by atoms with Crippen molar-refractivity contribution in [2.45, 2.75) is 75.7 Å². The van der Waals surface area contributed by atoms with Crippen molar-refractivity contribution in [3.05, 3.63) is 47.7 Å². The maximum Gasteiger partial charge on any atom is 0.247 e. The van der Waals surface area contributed by atoms with Crippen molar-refractivity contribution in [3.63, 3.8) is 0 Å². The van der Waals surface area contributed by atoms with Crippen LogP contribution in [-0.4, -0.2) is 42.0 Å². The largest absolute Gasteiger partial charge is 0.384 e. The Balaban J connectivity index is 1.33. The molecule has 1 atom stereocenters. The molecule has 0 bridgehead atoms. The molecule has 3 heterocycles. The molecule has 1 aliphatic carbocycles. The first-order chi connectivity index (χ1) is 18.4. The summed E-state index contributed by atoms with van der Waals surface area (Å²) in [7, 11) is 0. The van der Waals surface area contributed by atoms with Gasteiger partial charge in [-0.05, 0) is 67.0 Å². The lowest BCUT2D eigenvalue weighted by Gasteiger charge is -2.31. The number of carbonyl (C=O) groups excluding carboxylic acids is 3. The molecule has 1 saturated heterocycles. The van der Waals surface area contributed by atoms with Crippen LogP contribution in [0.5, 0.6) is 0 Å². The van der Waals surface area contributed by atoms with Gasteiger partial charge in [-0.3, -0.25) is 14.4 Å². The number of hydrogen-bond donors (Lipinski definition) is 4. The monoisotopic (exact) mass is 519 g/mol. The van der Waals surface area contributed by atoms with Gasteiger partial charge in [-0.15, -0.1) is 0 Å². The van der Waals surface area contributed by atoms with Crippen molar-refractivity contribution < 1.29 is 19.1 Å². The summed E-state index contributed by atoms with van der Waals surface area (Å²) in [5.74, 6) is -0.0448. The number of rotatable bonds is 6. The van der Waals surface area contributed by atoms with Crippen LogP contribution >= 0.6 is 0 Å². The zero-order valence-corrected chi connectivity index (χ0v) is 21.8. The van der Waals surface area contributed by atoms with E-state index in [2.05, 4.69) is 20.9 Å². The van der Waals surface area contributed by atoms with Crippen LogP contribution in [0.3, 0.4) is 0 Å². The molecule has 2 aromatic rings. The Bertz CT molecular complexity index is 1190. The van der Waals surface area contributed by atoms with E-state index < -0.39 is 11.5 Å². The second-order valence-corrected chi connectivity index (χ2v) is 10.8. The Kier molecular flexibility index (Phi) is 7.93. The van der Waals surface area contributed by atoms with Gasteiger partial charge in [0.25, 0.3) is 0 Å². The smallest absolute Gasteiger partial charge is 0.247 e. The quantitative estimate of drug-likeness (QED) is 0.460. The van der Waals surface area contributed by atoms with Crippen molar-refractivity contribution in [2.24, 2.45) is 5.92 Å². The average molecular weight is 520 g/mol. The molecule has 1 saturated carbocycles. The minimum absolute atomic E-state index is 0.00399. The average Bonchev–Trinajstić information content (AvgIpc) is 3.13. The number of nitrogen functional groups attached to an aromatic ring is 1. The lowest BCUT2D eigenvalue weighted by atomic mass is 9.75. The van der Waals surface area contributed by atoms with E-state index in [4.69, 9.17) is 10.5 Å². The first-order valence-corrected chi connectivity index (χ1v) is 13.8. The van der Waals surface area contributed by atoms with E-state index >= 15 is 0 Å². The summed E-state index contributed by atoms with van der Waals surface area (Å²) >= 11 is 0. The highest BCUT2D eigenvalue weighted by atomic mass is 16.5. The fraction of sp³-hybridized carbons (Fsp3) is 0.517. The standard InChI is InChI=1S/C29H37N5O4/c30-24-16-19(10-13-31-24)17-25(35)34-26(20-6-4-2-1-3-5-7-20)27(36)32-21-8-9-22-23(18-21)33-28(37)29(22)11-14-38-15-12-29/h8-10,13,16,18,20,26H,1-7,11-12,14-15,17H2,(H2,30,31)(H,32,36)(H,33,37)(H,34,35). The molecule has 202 valence electrons. The SMILES string of the molecule is Nc1cc(CC(=O)NC(C(=O)Nc2ccc3c(c2)NC(=O)C32CCOCC2)C2CCCCCCC2)ccn1. The van der Waals surface area contributed by atoms with Gasteiger partial charge in [0, 0.05) is 30.8 Å². The summed E-state index contributed by atoms with van der Waals surface area (Å²) in [6.45, 7) is 1.11. The zero-order chi connectivity index (χ0) is 26.5. The number of hydrogen-bond acceptors (Lipinski definition) is 6. The second kappa shape index (κ2) is 11.5. The summed E-state index contributed by atoms with van der Waals surface area (Å²) < 4.78 is 5.49. The third kappa shape index (κ3) is 5.67. The third-order valence-electron chi connectivity index (χ3n) is 8.26. The highest BCUT2D eigenvalue weighted by Gasteiger charge is 2.47. The number of ether oxygens (including phenoxy) is 1. The van der Waals surface area contributed by atoms with Crippen LogP contribution in [-0.2, 0) is 31.0 Å². The highest BCUT2D eigenvalue weighted by Crippen LogP contribution is 2.45. The van der Waals surface area contributed by atoms with Crippen LogP contribution in [0.4, 0.5) is 17.2 Å². The van der Waals surface area contributed by atoms with Crippen LogP contribution in [0, 0.1) is 5.92 Å². The number of fused-ring (bicyclic) bond motifs is 2. The Morgan fingerprint density at radius 2 is 1.82 bits per heavy atom. The normalized spacial score (nSPS) is 20.1. The predicted molar refractivity (Wildman–Crippen MR) is 146 cm³/mol. The maximum atomic E-state index is 13.7. The Morgan fingerprint density at radius 3 is 2.55 bits per heavy atom. The first kappa shape index (κ1) is 26.2. The molecule has 2 fully saturated rings. The maximum absolute atomic E-state index is 13.7. The fourth-order valence-corrected chi connectivity index (χ4v) is 6.18. The summed E-state index contributed by atoms with van der Waals surface area (Å²) in [5.41, 5.74) is 8.27. The first-order valence-electron chi connectivity index (χ1n) is 13.8. The van der Waals surface area contributed by atoms with E-state index in [-0.39, 0.29) is 30.1 Å². The van der Waals surface area contributed by atoms with Gasteiger partial charge >= 0.3 is 0 Å². The minimum atomic E-state index is -0.649. The van der Waals surface area contributed by atoms with Gasteiger partial charge in [0.2, 0.25) is 17.7 Å². The van der Waals surface area contributed by atoms with E-state index in [1.54, 1.807) is 18.3 Å². The van der Waals surface area contributed by atoms with Crippen molar-refractivity contribution in [1.29, 1.82) is 0 Å². The molecule has 0 radical (unpaired) electrons. The number of anilines is 3. The minimum Gasteiger partial charge on any atom is -0.384 e. The number of carbonyl (C=O) groups is 3. The molecule has 1 aromatic heterocycles.